The van der Waals surface area contributed by atoms with E-state index in [2.05, 4.69) is 14.9 Å². The Labute approximate surface area is 124 Å². The number of aromatic nitrogens is 2. The number of benzene rings is 1. The van der Waals surface area contributed by atoms with E-state index >= 15 is 0 Å². The van der Waals surface area contributed by atoms with Crippen LogP contribution >= 0.6 is 0 Å². The van der Waals surface area contributed by atoms with Gasteiger partial charge in [0.25, 0.3) is 0 Å². The van der Waals surface area contributed by atoms with Crippen LogP contribution in [0.1, 0.15) is 42.4 Å². The maximum absolute atomic E-state index is 11.7. The largest absolute Gasteiger partial charge is 0.462 e. The number of ether oxygens (including phenoxy) is 1. The molecule has 0 atom stereocenters. The molecule has 1 aliphatic rings. The number of piperidine rings is 1. The Morgan fingerprint density at radius 3 is 2.90 bits per heavy atom. The van der Waals surface area contributed by atoms with Gasteiger partial charge in [-0.1, -0.05) is 6.42 Å². The molecule has 1 aromatic carbocycles. The van der Waals surface area contributed by atoms with Crippen molar-refractivity contribution in [3.63, 3.8) is 0 Å². The molecule has 1 fully saturated rings. The third-order valence-electron chi connectivity index (χ3n) is 3.86. The number of aromatic amines is 1. The first kappa shape index (κ1) is 14.1. The second kappa shape index (κ2) is 6.26. The summed E-state index contributed by atoms with van der Waals surface area (Å²) in [6.07, 6.45) is 3.88. The van der Waals surface area contributed by atoms with Gasteiger partial charge in [0, 0.05) is 0 Å². The fourth-order valence-electron chi connectivity index (χ4n) is 2.81. The van der Waals surface area contributed by atoms with Gasteiger partial charge in [0.1, 0.15) is 5.82 Å². The number of carbonyl (C=O) groups is 1. The molecular weight excluding hydrogens is 266 g/mol. The number of rotatable bonds is 4. The van der Waals surface area contributed by atoms with Crippen molar-refractivity contribution in [3.05, 3.63) is 29.6 Å². The lowest BCUT2D eigenvalue weighted by Gasteiger charge is -2.25. The van der Waals surface area contributed by atoms with E-state index in [1.807, 2.05) is 19.1 Å². The monoisotopic (exact) mass is 287 g/mol. The molecule has 0 spiro atoms. The van der Waals surface area contributed by atoms with Gasteiger partial charge in [-0.25, -0.2) is 9.78 Å². The fraction of sp³-hybridized carbons (Fsp3) is 0.500. The highest BCUT2D eigenvalue weighted by Gasteiger charge is 2.14. The van der Waals surface area contributed by atoms with Crippen LogP contribution in [0, 0.1) is 0 Å². The molecule has 3 rings (SSSR count). The predicted octanol–water partition coefficient (Wildman–Crippen LogP) is 2.73. The number of esters is 1. The molecule has 0 saturated carbocycles. The lowest BCUT2D eigenvalue weighted by Crippen LogP contribution is -2.29. The topological polar surface area (TPSA) is 58.2 Å². The van der Waals surface area contributed by atoms with E-state index in [0.29, 0.717) is 12.2 Å². The van der Waals surface area contributed by atoms with Crippen molar-refractivity contribution < 1.29 is 9.53 Å². The molecule has 0 bridgehead atoms. The van der Waals surface area contributed by atoms with Crippen molar-refractivity contribution in [2.24, 2.45) is 0 Å². The Morgan fingerprint density at radius 2 is 2.14 bits per heavy atom. The van der Waals surface area contributed by atoms with Crippen LogP contribution in [0.25, 0.3) is 11.0 Å². The van der Waals surface area contributed by atoms with Crippen LogP contribution < -0.4 is 0 Å². The van der Waals surface area contributed by atoms with Crippen LogP contribution in [0.15, 0.2) is 18.2 Å². The quantitative estimate of drug-likeness (QED) is 0.878. The second-order valence-corrected chi connectivity index (χ2v) is 5.47. The van der Waals surface area contributed by atoms with E-state index in [-0.39, 0.29) is 5.97 Å². The number of fused-ring (bicyclic) bond motifs is 1. The molecule has 5 nitrogen and oxygen atoms in total. The number of carbonyl (C=O) groups excluding carboxylic acids is 1. The van der Waals surface area contributed by atoms with Gasteiger partial charge in [-0.15, -0.1) is 0 Å². The zero-order valence-corrected chi connectivity index (χ0v) is 12.4. The number of hydrogen-bond donors (Lipinski definition) is 1. The molecule has 112 valence electrons. The molecule has 0 amide bonds. The van der Waals surface area contributed by atoms with Crippen LogP contribution in [0.3, 0.4) is 0 Å². The molecule has 0 aliphatic carbocycles. The minimum absolute atomic E-state index is 0.286. The summed E-state index contributed by atoms with van der Waals surface area (Å²) in [7, 11) is 0. The molecule has 21 heavy (non-hydrogen) atoms. The smallest absolute Gasteiger partial charge is 0.338 e. The Morgan fingerprint density at radius 1 is 1.33 bits per heavy atom. The van der Waals surface area contributed by atoms with Crippen molar-refractivity contribution in [2.45, 2.75) is 32.7 Å². The molecule has 2 aromatic rings. The number of H-pyrrole nitrogens is 1. The SMILES string of the molecule is CCOC(=O)c1ccc2nc(CN3CCCCC3)[nH]c2c1. The third kappa shape index (κ3) is 3.24. The van der Waals surface area contributed by atoms with Crippen molar-refractivity contribution in [3.8, 4) is 0 Å². The van der Waals surface area contributed by atoms with Gasteiger partial charge in [-0.2, -0.15) is 0 Å². The first-order valence-corrected chi connectivity index (χ1v) is 7.64. The summed E-state index contributed by atoms with van der Waals surface area (Å²) in [5.74, 6) is 0.680. The average Bonchev–Trinajstić information content (AvgIpc) is 2.89. The van der Waals surface area contributed by atoms with Crippen LogP contribution in [0.2, 0.25) is 0 Å². The molecule has 1 saturated heterocycles. The first-order valence-electron chi connectivity index (χ1n) is 7.64. The minimum Gasteiger partial charge on any atom is -0.462 e. The first-order chi connectivity index (χ1) is 10.3. The van der Waals surface area contributed by atoms with E-state index < -0.39 is 0 Å². The average molecular weight is 287 g/mol. The molecule has 0 unspecified atom stereocenters. The molecule has 1 aromatic heterocycles. The molecule has 2 heterocycles. The van der Waals surface area contributed by atoms with Crippen LogP contribution in [-0.4, -0.2) is 40.5 Å². The lowest BCUT2D eigenvalue weighted by atomic mass is 10.1. The zero-order valence-electron chi connectivity index (χ0n) is 12.4. The Hall–Kier alpha value is -1.88. The molecular formula is C16H21N3O2. The van der Waals surface area contributed by atoms with Gasteiger partial charge >= 0.3 is 5.97 Å². The zero-order chi connectivity index (χ0) is 14.7. The van der Waals surface area contributed by atoms with Gasteiger partial charge < -0.3 is 9.72 Å². The van der Waals surface area contributed by atoms with Gasteiger partial charge in [-0.05, 0) is 51.1 Å². The number of imidazole rings is 1. The second-order valence-electron chi connectivity index (χ2n) is 5.47. The standard InChI is InChI=1S/C16H21N3O2/c1-2-21-16(20)12-6-7-13-14(10-12)18-15(17-13)11-19-8-4-3-5-9-19/h6-7,10H,2-5,8-9,11H2,1H3,(H,17,18). The van der Waals surface area contributed by atoms with Crippen molar-refractivity contribution in [1.82, 2.24) is 14.9 Å². The number of likely N-dealkylation sites (tertiary alicyclic amines) is 1. The minimum atomic E-state index is -0.286. The number of nitrogens with one attached hydrogen (secondary N) is 1. The van der Waals surface area contributed by atoms with Crippen LogP contribution in [0.5, 0.6) is 0 Å². The van der Waals surface area contributed by atoms with E-state index in [0.717, 1.165) is 36.5 Å². The van der Waals surface area contributed by atoms with E-state index in [9.17, 15) is 4.79 Å². The summed E-state index contributed by atoms with van der Waals surface area (Å²) in [5, 5.41) is 0. The molecule has 0 radical (unpaired) electrons. The molecule has 1 N–H and O–H groups in total. The maximum atomic E-state index is 11.7. The molecule has 1 aliphatic heterocycles. The van der Waals surface area contributed by atoms with Gasteiger partial charge in [0.2, 0.25) is 0 Å². The van der Waals surface area contributed by atoms with Crippen LogP contribution in [0.4, 0.5) is 0 Å². The highest BCUT2D eigenvalue weighted by atomic mass is 16.5. The van der Waals surface area contributed by atoms with E-state index in [4.69, 9.17) is 4.74 Å². The summed E-state index contributed by atoms with van der Waals surface area (Å²) in [4.78, 5) is 22.1. The van der Waals surface area contributed by atoms with Gasteiger partial charge in [-0.3, -0.25) is 4.90 Å². The Bertz CT molecular complexity index is 629. The highest BCUT2D eigenvalue weighted by Crippen LogP contribution is 2.17. The summed E-state index contributed by atoms with van der Waals surface area (Å²) in [5.41, 5.74) is 2.36. The fourth-order valence-corrected chi connectivity index (χ4v) is 2.81. The van der Waals surface area contributed by atoms with Gasteiger partial charge in [0.05, 0.1) is 29.7 Å². The van der Waals surface area contributed by atoms with Gasteiger partial charge in [0.15, 0.2) is 0 Å². The Kier molecular flexibility index (Phi) is 4.20. The van der Waals surface area contributed by atoms with Crippen molar-refractivity contribution >= 4 is 17.0 Å². The van der Waals surface area contributed by atoms with E-state index in [1.54, 1.807) is 6.07 Å². The van der Waals surface area contributed by atoms with Crippen molar-refractivity contribution in [2.75, 3.05) is 19.7 Å². The Balaban J connectivity index is 1.77. The summed E-state index contributed by atoms with van der Waals surface area (Å²) >= 11 is 0. The highest BCUT2D eigenvalue weighted by molar-refractivity contribution is 5.93. The third-order valence-corrected chi connectivity index (χ3v) is 3.86. The summed E-state index contributed by atoms with van der Waals surface area (Å²) in [6, 6.07) is 5.46. The predicted molar refractivity (Wildman–Crippen MR) is 81.2 cm³/mol. The lowest BCUT2D eigenvalue weighted by molar-refractivity contribution is 0.0526. The number of nitrogens with zero attached hydrogens (tertiary/aromatic N) is 2. The van der Waals surface area contributed by atoms with E-state index in [1.165, 1.54) is 19.3 Å². The molecule has 5 heteroatoms. The summed E-state index contributed by atoms with van der Waals surface area (Å²) < 4.78 is 5.02. The normalized spacial score (nSPS) is 16.2. The maximum Gasteiger partial charge on any atom is 0.338 e. The number of hydrogen-bond acceptors (Lipinski definition) is 4. The summed E-state index contributed by atoms with van der Waals surface area (Å²) in [6.45, 7) is 5.34. The van der Waals surface area contributed by atoms with Crippen molar-refractivity contribution in [1.29, 1.82) is 0 Å². The van der Waals surface area contributed by atoms with Crippen LogP contribution in [-0.2, 0) is 11.3 Å².